The number of halogens is 1. The van der Waals surface area contributed by atoms with Crippen LogP contribution in [0, 0.1) is 0 Å². The Morgan fingerprint density at radius 1 is 1.78 bits per heavy atom. The van der Waals surface area contributed by atoms with E-state index in [9.17, 15) is 4.79 Å². The summed E-state index contributed by atoms with van der Waals surface area (Å²) in [7, 11) is 1.40. The van der Waals surface area contributed by atoms with Crippen molar-refractivity contribution in [1.29, 1.82) is 0 Å². The first-order valence-corrected chi connectivity index (χ1v) is 4.79. The van der Waals surface area contributed by atoms with Crippen molar-refractivity contribution in [2.75, 3.05) is 23.9 Å². The van der Waals surface area contributed by atoms with E-state index >= 15 is 0 Å². The maximum atomic E-state index is 10.4. The fourth-order valence-corrected chi connectivity index (χ4v) is 1.49. The lowest BCUT2D eigenvalue weighted by Gasteiger charge is -1.95. The Balaban J connectivity index is 2.97. The molecule has 0 bridgehead atoms. The molecule has 0 saturated heterocycles. The molecule has 0 saturated carbocycles. The molecule has 0 aromatic carbocycles. The van der Waals surface area contributed by atoms with E-state index < -0.39 is 0 Å². The van der Waals surface area contributed by atoms with Crippen LogP contribution in [0.2, 0.25) is 0 Å². The van der Waals surface area contributed by atoms with Crippen molar-refractivity contribution >= 4 is 33.7 Å². The Morgan fingerprint density at radius 3 is 2.89 bits per heavy atom. The quantitative estimate of drug-likeness (QED) is 0.400. The second kappa shape index (κ2) is 6.42. The minimum Gasteiger partial charge on any atom is -0.468 e. The van der Waals surface area contributed by atoms with Gasteiger partial charge in [0.05, 0.1) is 12.9 Å². The van der Waals surface area contributed by atoms with Gasteiger partial charge in [0.25, 0.3) is 0 Å². The number of carbonyl (C=O) groups is 1. The Bertz CT molecular complexity index is 87.0. The summed E-state index contributed by atoms with van der Waals surface area (Å²) >= 11 is 4.81. The van der Waals surface area contributed by atoms with E-state index in [0.717, 1.165) is 11.1 Å². The average Bonchev–Trinajstić information content (AvgIpc) is 1.89. The summed E-state index contributed by atoms with van der Waals surface area (Å²) in [5.74, 6) is 1.26. The lowest BCUT2D eigenvalue weighted by molar-refractivity contribution is -0.137. The van der Waals surface area contributed by atoms with Crippen molar-refractivity contribution in [3.8, 4) is 0 Å². The predicted molar refractivity (Wildman–Crippen MR) is 43.1 cm³/mol. The minimum absolute atomic E-state index is 0.152. The number of alkyl halides is 1. The van der Waals surface area contributed by atoms with Gasteiger partial charge in [-0.15, -0.1) is 11.8 Å². The summed E-state index contributed by atoms with van der Waals surface area (Å²) < 4.78 is 4.42. The largest absolute Gasteiger partial charge is 0.468 e. The zero-order valence-electron chi connectivity index (χ0n) is 5.22. The lowest BCUT2D eigenvalue weighted by atomic mass is 10.8. The van der Waals surface area contributed by atoms with Gasteiger partial charge in [0.2, 0.25) is 0 Å². The number of ether oxygens (including phenoxy) is 1. The fraction of sp³-hybridized carbons (Fsp3) is 0.800. The maximum absolute atomic E-state index is 10.4. The zero-order chi connectivity index (χ0) is 7.11. The molecule has 2 nitrogen and oxygen atoms in total. The van der Waals surface area contributed by atoms with E-state index in [1.54, 1.807) is 11.8 Å². The molecule has 0 radical (unpaired) electrons. The van der Waals surface area contributed by atoms with Crippen LogP contribution >= 0.6 is 27.7 Å². The topological polar surface area (TPSA) is 26.3 Å². The molecule has 0 aromatic heterocycles. The summed E-state index contributed by atoms with van der Waals surface area (Å²) in [5, 5.41) is 0.925. The molecule has 0 aliphatic carbocycles. The van der Waals surface area contributed by atoms with Crippen LogP contribution in [0.1, 0.15) is 0 Å². The molecule has 0 spiro atoms. The third-order valence-electron chi connectivity index (χ3n) is 0.669. The van der Waals surface area contributed by atoms with E-state index in [4.69, 9.17) is 0 Å². The molecule has 54 valence electrons. The molecular formula is C5H9BrO2S. The maximum Gasteiger partial charge on any atom is 0.315 e. The number of carbonyl (C=O) groups excluding carboxylic acids is 1. The van der Waals surface area contributed by atoms with Crippen molar-refractivity contribution in [2.45, 2.75) is 0 Å². The molecule has 0 atom stereocenters. The Labute approximate surface area is 67.5 Å². The molecule has 0 fully saturated rings. The van der Waals surface area contributed by atoms with E-state index in [2.05, 4.69) is 20.7 Å². The molecule has 0 aliphatic heterocycles. The van der Waals surface area contributed by atoms with Gasteiger partial charge in [0, 0.05) is 11.1 Å². The number of methoxy groups -OCH3 is 1. The average molecular weight is 213 g/mol. The number of hydrogen-bond donors (Lipinski definition) is 0. The summed E-state index contributed by atoms with van der Waals surface area (Å²) in [4.78, 5) is 10.4. The van der Waals surface area contributed by atoms with Gasteiger partial charge < -0.3 is 4.74 Å². The molecule has 0 amide bonds. The van der Waals surface area contributed by atoms with Crippen LogP contribution < -0.4 is 0 Å². The standard InChI is InChI=1S/C5H9BrO2S/c1-8-5(7)4-9-3-2-6/h2-4H2,1H3. The first kappa shape index (κ1) is 9.30. The predicted octanol–water partition coefficient (Wildman–Crippen LogP) is 1.29. The highest BCUT2D eigenvalue weighted by Crippen LogP contribution is 2.00. The van der Waals surface area contributed by atoms with E-state index in [1.807, 2.05) is 0 Å². The molecule has 0 aliphatic rings. The van der Waals surface area contributed by atoms with Crippen molar-refractivity contribution in [3.05, 3.63) is 0 Å². The van der Waals surface area contributed by atoms with E-state index in [-0.39, 0.29) is 5.97 Å². The van der Waals surface area contributed by atoms with Crippen LogP contribution in [0.25, 0.3) is 0 Å². The van der Waals surface area contributed by atoms with Gasteiger partial charge in [-0.2, -0.15) is 0 Å². The van der Waals surface area contributed by atoms with Gasteiger partial charge in [-0.1, -0.05) is 15.9 Å². The van der Waals surface area contributed by atoms with Gasteiger partial charge in [0.1, 0.15) is 0 Å². The molecule has 4 heteroatoms. The lowest BCUT2D eigenvalue weighted by Crippen LogP contribution is -2.03. The SMILES string of the molecule is COC(=O)CSCCBr. The van der Waals surface area contributed by atoms with Crippen LogP contribution in [-0.4, -0.2) is 29.9 Å². The normalized spacial score (nSPS) is 9.11. The second-order valence-electron chi connectivity index (χ2n) is 1.32. The first-order valence-electron chi connectivity index (χ1n) is 2.51. The molecule has 0 aromatic rings. The van der Waals surface area contributed by atoms with Gasteiger partial charge in [-0.3, -0.25) is 4.79 Å². The number of rotatable bonds is 4. The Morgan fingerprint density at radius 2 is 2.44 bits per heavy atom. The first-order chi connectivity index (χ1) is 4.31. The van der Waals surface area contributed by atoms with E-state index in [0.29, 0.717) is 5.75 Å². The minimum atomic E-state index is -0.152. The van der Waals surface area contributed by atoms with Gasteiger partial charge in [0.15, 0.2) is 0 Å². The molecule has 0 N–H and O–H groups in total. The molecule has 0 unspecified atom stereocenters. The van der Waals surface area contributed by atoms with Crippen LogP contribution in [0.5, 0.6) is 0 Å². The van der Waals surface area contributed by atoms with Crippen LogP contribution in [0.15, 0.2) is 0 Å². The highest BCUT2D eigenvalue weighted by atomic mass is 79.9. The third-order valence-corrected chi connectivity index (χ3v) is 2.52. The van der Waals surface area contributed by atoms with Crippen LogP contribution in [-0.2, 0) is 9.53 Å². The Hall–Kier alpha value is 0.300. The summed E-state index contributed by atoms with van der Waals surface area (Å²) in [6.45, 7) is 0. The Kier molecular flexibility index (Phi) is 6.63. The van der Waals surface area contributed by atoms with Crippen molar-refractivity contribution in [1.82, 2.24) is 0 Å². The summed E-state index contributed by atoms with van der Waals surface area (Å²) in [6, 6.07) is 0. The molecule has 0 heterocycles. The van der Waals surface area contributed by atoms with Crippen molar-refractivity contribution in [2.24, 2.45) is 0 Å². The number of hydrogen-bond acceptors (Lipinski definition) is 3. The summed E-state index contributed by atoms with van der Waals surface area (Å²) in [6.07, 6.45) is 0. The smallest absolute Gasteiger partial charge is 0.315 e. The molecule has 0 rings (SSSR count). The second-order valence-corrected chi connectivity index (χ2v) is 3.22. The van der Waals surface area contributed by atoms with Gasteiger partial charge >= 0.3 is 5.97 Å². The third kappa shape index (κ3) is 6.18. The van der Waals surface area contributed by atoms with E-state index in [1.165, 1.54) is 7.11 Å². The number of esters is 1. The van der Waals surface area contributed by atoms with Gasteiger partial charge in [-0.25, -0.2) is 0 Å². The molecule has 9 heavy (non-hydrogen) atoms. The van der Waals surface area contributed by atoms with Crippen molar-refractivity contribution < 1.29 is 9.53 Å². The summed E-state index contributed by atoms with van der Waals surface area (Å²) in [5.41, 5.74) is 0. The van der Waals surface area contributed by atoms with Crippen LogP contribution in [0.3, 0.4) is 0 Å². The van der Waals surface area contributed by atoms with Crippen LogP contribution in [0.4, 0.5) is 0 Å². The zero-order valence-corrected chi connectivity index (χ0v) is 7.63. The van der Waals surface area contributed by atoms with Crippen molar-refractivity contribution in [3.63, 3.8) is 0 Å². The fourth-order valence-electron chi connectivity index (χ4n) is 0.269. The number of thioether (sulfide) groups is 1. The van der Waals surface area contributed by atoms with Gasteiger partial charge in [-0.05, 0) is 0 Å². The highest BCUT2D eigenvalue weighted by molar-refractivity contribution is 9.09. The monoisotopic (exact) mass is 212 g/mol. The molecular weight excluding hydrogens is 204 g/mol. The highest BCUT2D eigenvalue weighted by Gasteiger charge is 1.97.